The van der Waals surface area contributed by atoms with Gasteiger partial charge in [0.2, 0.25) is 11.8 Å². The Hall–Kier alpha value is -2.21. The molecule has 3 aliphatic rings. The predicted molar refractivity (Wildman–Crippen MR) is 135 cm³/mol. The molecule has 5 amide bonds. The minimum Gasteiger partial charge on any atom is -0.356 e. The number of likely N-dealkylation sites (tertiary alicyclic amines) is 1. The predicted octanol–water partition coefficient (Wildman–Crippen LogP) is 1.46. The molecular weight excluding hydrogens is 547 g/mol. The summed E-state index contributed by atoms with van der Waals surface area (Å²) < 4.78 is 27.2. The first-order valence-electron chi connectivity index (χ1n) is 12.8. The summed E-state index contributed by atoms with van der Waals surface area (Å²) in [5.74, 6) is -5.43. The van der Waals surface area contributed by atoms with Crippen LogP contribution in [-0.2, 0) is 24.0 Å². The molecule has 8 atom stereocenters. The highest BCUT2D eigenvalue weighted by Crippen LogP contribution is 2.65. The third-order valence-electron chi connectivity index (χ3n) is 8.24. The number of rotatable bonds is 9. The quantitative estimate of drug-likeness (QED) is 0.280. The first-order valence-corrected chi connectivity index (χ1v) is 13.7. The van der Waals surface area contributed by atoms with E-state index in [2.05, 4.69) is 16.1 Å². The Morgan fingerprint density at radius 3 is 2.42 bits per heavy atom. The highest BCUT2D eigenvalue weighted by atomic mass is 35.5. The fourth-order valence-corrected chi connectivity index (χ4v) is 5.81. The van der Waals surface area contributed by atoms with Crippen LogP contribution in [0.2, 0.25) is 0 Å². The summed E-state index contributed by atoms with van der Waals surface area (Å²) in [7, 11) is 0. The minimum absolute atomic E-state index is 0.0346. The van der Waals surface area contributed by atoms with Crippen LogP contribution in [0, 0.1) is 29.1 Å². The van der Waals surface area contributed by atoms with Crippen LogP contribution in [0.5, 0.6) is 0 Å². The normalized spacial score (nSPS) is 28.7. The number of hydrogen-bond acceptors (Lipinski definition) is 5. The van der Waals surface area contributed by atoms with Gasteiger partial charge in [-0.25, -0.2) is 13.8 Å². The summed E-state index contributed by atoms with van der Waals surface area (Å²) in [4.78, 5) is 65.3. The number of carbonyl (C=O) groups excluding carboxylic acids is 5. The standard InChI is InChI=1S/C24H35Cl2F2N5O5/c1-5-11(2)15(30-21(36)17(25)27)22(37)32-10-13-14(24(13,3)4)16(32)20(35)31-33(23(38)18(26)28)9-12-7-6-8-29-19(12)34/h11-18H,5-10H2,1-4H3,(H,29,34)(H,30,36)(H,31,35)/t11?,12-,13-,14-,15?,16-,17?,18?/m0/s1. The number of nitrogens with zero attached hydrogens (tertiary/aromatic N) is 2. The van der Waals surface area contributed by atoms with Crippen LogP contribution in [0.3, 0.4) is 0 Å². The Bertz CT molecular complexity index is 968. The second kappa shape index (κ2) is 11.9. The monoisotopic (exact) mass is 581 g/mol. The van der Waals surface area contributed by atoms with Gasteiger partial charge in [-0.05, 0) is 36.0 Å². The smallest absolute Gasteiger partial charge is 0.291 e. The lowest BCUT2D eigenvalue weighted by Crippen LogP contribution is -2.61. The van der Waals surface area contributed by atoms with Crippen LogP contribution >= 0.6 is 23.2 Å². The lowest BCUT2D eigenvalue weighted by Gasteiger charge is -2.36. The number of halogens is 4. The highest BCUT2D eigenvalue weighted by molar-refractivity contribution is 6.30. The molecule has 4 unspecified atom stereocenters. The van der Waals surface area contributed by atoms with Crippen LogP contribution in [0.15, 0.2) is 0 Å². The summed E-state index contributed by atoms with van der Waals surface area (Å²) in [6.45, 7) is 7.80. The fourth-order valence-electron chi connectivity index (χ4n) is 5.63. The average molecular weight is 582 g/mol. The van der Waals surface area contributed by atoms with Crippen molar-refractivity contribution >= 4 is 52.7 Å². The molecule has 3 N–H and O–H groups in total. The van der Waals surface area contributed by atoms with Crippen molar-refractivity contribution in [2.24, 2.45) is 29.1 Å². The Morgan fingerprint density at radius 1 is 1.21 bits per heavy atom. The molecule has 38 heavy (non-hydrogen) atoms. The minimum atomic E-state index is -2.46. The van der Waals surface area contributed by atoms with Gasteiger partial charge in [0.1, 0.15) is 12.1 Å². The van der Waals surface area contributed by atoms with E-state index in [1.54, 1.807) is 13.8 Å². The number of alkyl halides is 4. The molecule has 3 rings (SSSR count). The zero-order valence-electron chi connectivity index (χ0n) is 21.8. The molecular formula is C24H35Cl2F2N5O5. The van der Waals surface area contributed by atoms with Gasteiger partial charge in [0, 0.05) is 13.1 Å². The van der Waals surface area contributed by atoms with Gasteiger partial charge < -0.3 is 15.5 Å². The first-order chi connectivity index (χ1) is 17.7. The molecule has 214 valence electrons. The molecule has 0 aromatic rings. The lowest BCUT2D eigenvalue weighted by molar-refractivity contribution is -0.151. The third kappa shape index (κ3) is 6.16. The van der Waals surface area contributed by atoms with E-state index in [1.165, 1.54) is 4.90 Å². The van der Waals surface area contributed by atoms with Crippen LogP contribution in [0.1, 0.15) is 47.0 Å². The molecule has 0 bridgehead atoms. The molecule has 1 saturated carbocycles. The van der Waals surface area contributed by atoms with E-state index >= 15 is 0 Å². The Labute approximate surface area is 230 Å². The Kier molecular flexibility index (Phi) is 9.49. The maximum atomic E-state index is 13.8. The van der Waals surface area contributed by atoms with Crippen LogP contribution < -0.4 is 16.1 Å². The molecule has 1 aliphatic carbocycles. The molecule has 10 nitrogen and oxygen atoms in total. The van der Waals surface area contributed by atoms with Crippen LogP contribution in [-0.4, -0.2) is 82.4 Å². The van der Waals surface area contributed by atoms with E-state index in [0.717, 1.165) is 0 Å². The van der Waals surface area contributed by atoms with Crippen molar-refractivity contribution in [2.45, 2.75) is 70.3 Å². The van der Waals surface area contributed by atoms with Crippen molar-refractivity contribution in [2.75, 3.05) is 19.6 Å². The van der Waals surface area contributed by atoms with E-state index in [0.29, 0.717) is 30.8 Å². The van der Waals surface area contributed by atoms with Gasteiger partial charge in [0.25, 0.3) is 29.0 Å². The number of nitrogens with one attached hydrogen (secondary N) is 3. The van der Waals surface area contributed by atoms with Crippen LogP contribution in [0.25, 0.3) is 0 Å². The van der Waals surface area contributed by atoms with Gasteiger partial charge in [-0.3, -0.25) is 29.4 Å². The summed E-state index contributed by atoms with van der Waals surface area (Å²) in [6, 6.07) is -2.19. The van der Waals surface area contributed by atoms with Crippen LogP contribution in [0.4, 0.5) is 8.78 Å². The number of hydrazine groups is 1. The van der Waals surface area contributed by atoms with Crippen molar-refractivity contribution < 1.29 is 32.8 Å². The number of amides is 5. The molecule has 0 spiro atoms. The van der Waals surface area contributed by atoms with E-state index in [4.69, 9.17) is 23.2 Å². The second-order valence-electron chi connectivity index (χ2n) is 10.9. The number of piperidine rings is 2. The van der Waals surface area contributed by atoms with Crippen molar-refractivity contribution in [3.05, 3.63) is 0 Å². The summed E-state index contributed by atoms with van der Waals surface area (Å²) >= 11 is 10.7. The SMILES string of the molecule is CCC(C)C(NC(=O)C(F)Cl)C(=O)N1C[C@H]2[C@@H]([C@H]1C(=O)NN(C[C@@H]1CCCNC1=O)C(=O)C(F)Cl)C2(C)C. The Morgan fingerprint density at radius 2 is 1.87 bits per heavy atom. The van der Waals surface area contributed by atoms with E-state index in [-0.39, 0.29) is 36.2 Å². The molecule has 14 heteroatoms. The summed E-state index contributed by atoms with van der Waals surface area (Å²) in [6.07, 6.45) is 1.56. The van der Waals surface area contributed by atoms with Crippen molar-refractivity contribution in [3.63, 3.8) is 0 Å². The van der Waals surface area contributed by atoms with Gasteiger partial charge in [-0.2, -0.15) is 0 Å². The van der Waals surface area contributed by atoms with Gasteiger partial charge in [-0.1, -0.05) is 57.3 Å². The van der Waals surface area contributed by atoms with Gasteiger partial charge in [-0.15, -0.1) is 0 Å². The summed E-state index contributed by atoms with van der Waals surface area (Å²) in [5, 5.41) is 5.72. The highest BCUT2D eigenvalue weighted by Gasteiger charge is 2.69. The molecule has 3 fully saturated rings. The van der Waals surface area contributed by atoms with Gasteiger partial charge in [0.05, 0.1) is 12.5 Å². The molecule has 2 aliphatic heterocycles. The zero-order chi connectivity index (χ0) is 28.5. The second-order valence-corrected chi connectivity index (χ2v) is 11.7. The van der Waals surface area contributed by atoms with E-state index in [9.17, 15) is 32.8 Å². The van der Waals surface area contributed by atoms with Crippen molar-refractivity contribution in [1.82, 2.24) is 26.0 Å². The van der Waals surface area contributed by atoms with E-state index in [1.807, 2.05) is 13.8 Å². The molecule has 0 radical (unpaired) electrons. The average Bonchev–Trinajstić information content (AvgIpc) is 3.18. The number of fused-ring (bicyclic) bond motifs is 1. The first kappa shape index (κ1) is 30.3. The molecule has 2 saturated heterocycles. The zero-order valence-corrected chi connectivity index (χ0v) is 23.3. The topological polar surface area (TPSA) is 128 Å². The lowest BCUT2D eigenvalue weighted by atomic mass is 9.95. The third-order valence-corrected chi connectivity index (χ3v) is 8.62. The summed E-state index contributed by atoms with van der Waals surface area (Å²) in [5.41, 5.74) is -2.69. The number of carbonyl (C=O) groups is 5. The Balaban J connectivity index is 1.85. The maximum Gasteiger partial charge on any atom is 0.291 e. The maximum absolute atomic E-state index is 13.8. The van der Waals surface area contributed by atoms with Crippen molar-refractivity contribution in [1.29, 1.82) is 0 Å². The number of hydrogen-bond donors (Lipinski definition) is 3. The molecule has 2 heterocycles. The molecule has 0 aromatic carbocycles. The van der Waals surface area contributed by atoms with Gasteiger partial charge >= 0.3 is 0 Å². The molecule has 0 aromatic heterocycles. The van der Waals surface area contributed by atoms with E-state index < -0.39 is 58.8 Å². The largest absolute Gasteiger partial charge is 0.356 e. The fraction of sp³-hybridized carbons (Fsp3) is 0.792. The van der Waals surface area contributed by atoms with Crippen molar-refractivity contribution in [3.8, 4) is 0 Å². The van der Waals surface area contributed by atoms with Gasteiger partial charge in [0.15, 0.2) is 0 Å².